The molecule has 6 heteroatoms. The largest absolute Gasteiger partial charge is 0.315 e. The van der Waals surface area contributed by atoms with Crippen LogP contribution in [0.5, 0.6) is 0 Å². The van der Waals surface area contributed by atoms with Crippen molar-refractivity contribution in [3.63, 3.8) is 0 Å². The van der Waals surface area contributed by atoms with E-state index in [-0.39, 0.29) is 11.9 Å². The molecular formula is C28H25N5O. The van der Waals surface area contributed by atoms with E-state index in [1.807, 2.05) is 35.2 Å². The Bertz CT molecular complexity index is 1380. The molecule has 2 aromatic carbocycles. The third-order valence-electron chi connectivity index (χ3n) is 6.38. The van der Waals surface area contributed by atoms with Crippen LogP contribution >= 0.6 is 0 Å². The van der Waals surface area contributed by atoms with Crippen molar-refractivity contribution < 1.29 is 4.79 Å². The smallest absolute Gasteiger partial charge is 0.260 e. The first kappa shape index (κ1) is 21.7. The second-order valence-corrected chi connectivity index (χ2v) is 8.57. The van der Waals surface area contributed by atoms with Crippen LogP contribution in [0, 0.1) is 18.3 Å². The number of aryl methyl sites for hydroxylation is 1. The number of aromatic nitrogens is 2. The number of carbonyl (C=O) groups excluding carboxylic acids is 1. The molecular weight excluding hydrogens is 422 g/mol. The Labute approximate surface area is 198 Å². The summed E-state index contributed by atoms with van der Waals surface area (Å²) in [5, 5.41) is 15.0. The molecule has 5 rings (SSSR count). The zero-order valence-corrected chi connectivity index (χ0v) is 19.0. The van der Waals surface area contributed by atoms with Crippen molar-refractivity contribution in [1.82, 2.24) is 15.3 Å². The fourth-order valence-electron chi connectivity index (χ4n) is 4.72. The highest BCUT2D eigenvalue weighted by atomic mass is 16.2. The van der Waals surface area contributed by atoms with Crippen LogP contribution in [-0.4, -0.2) is 35.0 Å². The van der Waals surface area contributed by atoms with Crippen LogP contribution in [0.4, 0.5) is 5.82 Å². The van der Waals surface area contributed by atoms with E-state index in [9.17, 15) is 10.1 Å². The second-order valence-electron chi connectivity index (χ2n) is 8.57. The summed E-state index contributed by atoms with van der Waals surface area (Å²) >= 11 is 0. The van der Waals surface area contributed by atoms with E-state index < -0.39 is 0 Å². The van der Waals surface area contributed by atoms with Crippen LogP contribution in [0.15, 0.2) is 73.1 Å². The number of amides is 1. The molecule has 0 radical (unpaired) electrons. The average Bonchev–Trinajstić information content (AvgIpc) is 2.90. The minimum Gasteiger partial charge on any atom is -0.315 e. The zero-order valence-electron chi connectivity index (χ0n) is 19.0. The molecule has 168 valence electrons. The lowest BCUT2D eigenvalue weighted by Gasteiger charge is -2.35. The van der Waals surface area contributed by atoms with Gasteiger partial charge in [-0.15, -0.1) is 0 Å². The fourth-order valence-corrected chi connectivity index (χ4v) is 4.72. The van der Waals surface area contributed by atoms with Crippen LogP contribution in [0.1, 0.15) is 34.3 Å². The Morgan fingerprint density at radius 3 is 2.76 bits per heavy atom. The van der Waals surface area contributed by atoms with Gasteiger partial charge in [-0.05, 0) is 73.7 Å². The molecule has 1 aliphatic rings. The molecule has 0 saturated carbocycles. The van der Waals surface area contributed by atoms with Gasteiger partial charge in [0, 0.05) is 35.5 Å². The molecule has 1 N–H and O–H groups in total. The molecule has 34 heavy (non-hydrogen) atoms. The van der Waals surface area contributed by atoms with Gasteiger partial charge in [-0.2, -0.15) is 5.26 Å². The zero-order chi connectivity index (χ0) is 23.5. The summed E-state index contributed by atoms with van der Waals surface area (Å²) < 4.78 is 0. The average molecular weight is 448 g/mol. The summed E-state index contributed by atoms with van der Waals surface area (Å²) in [6.07, 6.45) is 5.34. The van der Waals surface area contributed by atoms with Crippen molar-refractivity contribution in [3.8, 4) is 17.3 Å². The van der Waals surface area contributed by atoms with Crippen molar-refractivity contribution in [2.45, 2.75) is 25.8 Å². The monoisotopic (exact) mass is 447 g/mol. The van der Waals surface area contributed by atoms with Gasteiger partial charge >= 0.3 is 0 Å². The maximum Gasteiger partial charge on any atom is 0.260 e. The van der Waals surface area contributed by atoms with E-state index >= 15 is 0 Å². The minimum atomic E-state index is -0.137. The lowest BCUT2D eigenvalue weighted by molar-refractivity contribution is 0.0972. The number of benzene rings is 2. The van der Waals surface area contributed by atoms with Gasteiger partial charge in [0.25, 0.3) is 5.91 Å². The number of nitriles is 1. The molecule has 6 nitrogen and oxygen atoms in total. The Balaban J connectivity index is 1.71. The normalized spacial score (nSPS) is 15.6. The van der Waals surface area contributed by atoms with Gasteiger partial charge in [0.1, 0.15) is 5.82 Å². The summed E-state index contributed by atoms with van der Waals surface area (Å²) in [7, 11) is 0. The molecule has 1 aliphatic heterocycles. The number of piperidine rings is 1. The highest BCUT2D eigenvalue weighted by Crippen LogP contribution is 2.33. The van der Waals surface area contributed by atoms with E-state index in [4.69, 9.17) is 4.98 Å². The molecule has 4 aromatic rings. The van der Waals surface area contributed by atoms with Gasteiger partial charge < -0.3 is 5.32 Å². The van der Waals surface area contributed by atoms with Crippen molar-refractivity contribution in [2.75, 3.05) is 18.0 Å². The first-order valence-corrected chi connectivity index (χ1v) is 11.5. The lowest BCUT2D eigenvalue weighted by Crippen LogP contribution is -2.49. The summed E-state index contributed by atoms with van der Waals surface area (Å²) in [5.74, 6) is 0.535. The van der Waals surface area contributed by atoms with Crippen LogP contribution in [0.3, 0.4) is 0 Å². The second kappa shape index (κ2) is 9.42. The molecule has 1 fully saturated rings. The molecule has 1 atom stereocenters. The van der Waals surface area contributed by atoms with Crippen LogP contribution in [0.2, 0.25) is 0 Å². The molecule has 0 unspecified atom stereocenters. The maximum atomic E-state index is 14.3. The third-order valence-corrected chi connectivity index (χ3v) is 6.38. The van der Waals surface area contributed by atoms with Gasteiger partial charge in [0.15, 0.2) is 0 Å². The van der Waals surface area contributed by atoms with Crippen LogP contribution in [-0.2, 0) is 0 Å². The number of carbonyl (C=O) groups is 1. The van der Waals surface area contributed by atoms with Gasteiger partial charge in [0.05, 0.1) is 23.4 Å². The SMILES string of the molecule is Cc1cccc2ccnc(N(C(=O)c3ccc(C#N)cc3-c3ccccn3)[C@@H]3CCCNC3)c12. The number of pyridine rings is 2. The lowest BCUT2D eigenvalue weighted by atomic mass is 9.97. The van der Waals surface area contributed by atoms with Crippen LogP contribution in [0.25, 0.3) is 22.0 Å². The number of nitrogens with zero attached hydrogens (tertiary/aromatic N) is 4. The topological polar surface area (TPSA) is 81.9 Å². The first-order chi connectivity index (χ1) is 16.7. The summed E-state index contributed by atoms with van der Waals surface area (Å²) in [6.45, 7) is 3.69. The Morgan fingerprint density at radius 2 is 2.00 bits per heavy atom. The third kappa shape index (κ3) is 4.02. The minimum absolute atomic E-state index is 0.0359. The predicted molar refractivity (Wildman–Crippen MR) is 134 cm³/mol. The Kier molecular flexibility index (Phi) is 6.03. The van der Waals surface area contributed by atoms with Gasteiger partial charge in [-0.25, -0.2) is 4.98 Å². The summed E-state index contributed by atoms with van der Waals surface area (Å²) in [6, 6.07) is 21.0. The van der Waals surface area contributed by atoms with Crippen molar-refractivity contribution in [1.29, 1.82) is 5.26 Å². The predicted octanol–water partition coefficient (Wildman–Crippen LogP) is 4.88. The van der Waals surface area contributed by atoms with E-state index in [1.54, 1.807) is 30.6 Å². The van der Waals surface area contributed by atoms with Crippen molar-refractivity contribution >= 4 is 22.5 Å². The van der Waals surface area contributed by atoms with Crippen molar-refractivity contribution in [2.24, 2.45) is 0 Å². The van der Waals surface area contributed by atoms with E-state index in [0.717, 1.165) is 35.7 Å². The van der Waals surface area contributed by atoms with Crippen LogP contribution < -0.4 is 10.2 Å². The van der Waals surface area contributed by atoms with Gasteiger partial charge in [-0.3, -0.25) is 14.7 Å². The molecule has 3 heterocycles. The number of hydrogen-bond acceptors (Lipinski definition) is 5. The van der Waals surface area contributed by atoms with E-state index in [0.29, 0.717) is 34.7 Å². The maximum absolute atomic E-state index is 14.3. The number of rotatable bonds is 4. The highest BCUT2D eigenvalue weighted by Gasteiger charge is 2.31. The number of nitrogens with one attached hydrogen (secondary N) is 1. The fraction of sp³-hybridized carbons (Fsp3) is 0.214. The standard InChI is InChI=1S/C28H25N5O/c1-19-6-4-7-21-12-15-32-27(26(19)21)33(22-8-5-13-30-18-22)28(34)23-11-10-20(17-29)16-24(23)25-9-2-3-14-31-25/h2-4,6-7,9-12,14-16,22,30H,5,8,13,18H2,1H3/t22-/m1/s1. The Hall–Kier alpha value is -4.08. The molecule has 0 spiro atoms. The number of hydrogen-bond donors (Lipinski definition) is 1. The number of anilines is 1. The van der Waals surface area contributed by atoms with Gasteiger partial charge in [0.2, 0.25) is 0 Å². The number of fused-ring (bicyclic) bond motifs is 1. The highest BCUT2D eigenvalue weighted by molar-refractivity contribution is 6.13. The molecule has 1 amide bonds. The molecule has 0 bridgehead atoms. The van der Waals surface area contributed by atoms with Gasteiger partial charge in [-0.1, -0.05) is 24.3 Å². The summed E-state index contributed by atoms with van der Waals surface area (Å²) in [5.41, 5.74) is 3.38. The van der Waals surface area contributed by atoms with Crippen molar-refractivity contribution in [3.05, 3.63) is 89.7 Å². The van der Waals surface area contributed by atoms with E-state index in [2.05, 4.69) is 35.4 Å². The van der Waals surface area contributed by atoms with E-state index in [1.165, 1.54) is 0 Å². The molecule has 2 aromatic heterocycles. The Morgan fingerprint density at radius 1 is 1.09 bits per heavy atom. The molecule has 0 aliphatic carbocycles. The quantitative estimate of drug-likeness (QED) is 0.482. The first-order valence-electron chi connectivity index (χ1n) is 11.5. The molecule has 1 saturated heterocycles. The summed E-state index contributed by atoms with van der Waals surface area (Å²) in [4.78, 5) is 25.4.